The van der Waals surface area contributed by atoms with Crippen molar-refractivity contribution >= 4 is 5.91 Å². The number of nitrogens with one attached hydrogen (secondary N) is 2. The molecule has 0 aromatic carbocycles. The molecule has 1 aliphatic rings. The van der Waals surface area contributed by atoms with E-state index in [2.05, 4.69) is 24.7 Å². The zero-order valence-corrected chi connectivity index (χ0v) is 10.0. The average molecular weight is 212 g/mol. The first-order chi connectivity index (χ1) is 7.27. The first-order valence-corrected chi connectivity index (χ1v) is 6.33. The van der Waals surface area contributed by atoms with Gasteiger partial charge in [-0.3, -0.25) is 10.2 Å². The summed E-state index contributed by atoms with van der Waals surface area (Å²) in [5.74, 6) is 0.446. The summed E-state index contributed by atoms with van der Waals surface area (Å²) in [6, 6.07) is 0.414. The number of hydrogen-bond acceptors (Lipinski definition) is 2. The molecule has 0 bridgehead atoms. The normalized spacial score (nSPS) is 18.1. The summed E-state index contributed by atoms with van der Waals surface area (Å²) >= 11 is 0. The summed E-state index contributed by atoms with van der Waals surface area (Å²) in [7, 11) is 0. The van der Waals surface area contributed by atoms with Crippen molar-refractivity contribution in [3.63, 3.8) is 0 Å². The van der Waals surface area contributed by atoms with Crippen LogP contribution in [0, 0.1) is 5.92 Å². The first-order valence-electron chi connectivity index (χ1n) is 6.33. The molecule has 1 rings (SSSR count). The molecule has 0 aromatic heterocycles. The second-order valence-corrected chi connectivity index (χ2v) is 4.48. The molecule has 0 aromatic rings. The van der Waals surface area contributed by atoms with Gasteiger partial charge in [-0.05, 0) is 25.7 Å². The Morgan fingerprint density at radius 3 is 2.33 bits per heavy atom. The predicted molar refractivity (Wildman–Crippen MR) is 62.2 cm³/mol. The minimum atomic E-state index is 0.196. The first kappa shape index (κ1) is 12.5. The van der Waals surface area contributed by atoms with Crippen LogP contribution in [0.3, 0.4) is 0 Å². The lowest BCUT2D eigenvalue weighted by atomic mass is 9.89. The molecule has 0 atom stereocenters. The second-order valence-electron chi connectivity index (χ2n) is 4.48. The van der Waals surface area contributed by atoms with Gasteiger partial charge in [-0.1, -0.05) is 33.1 Å². The van der Waals surface area contributed by atoms with Gasteiger partial charge < -0.3 is 0 Å². The summed E-state index contributed by atoms with van der Waals surface area (Å²) in [6.07, 6.45) is 7.96. The van der Waals surface area contributed by atoms with Gasteiger partial charge in [0.05, 0.1) is 0 Å². The van der Waals surface area contributed by atoms with E-state index in [1.807, 2.05) is 0 Å². The molecule has 1 saturated carbocycles. The standard InChI is InChI=1S/C12H24N2O/c1-3-11(4-2)13-14-12(15)10-8-6-5-7-9-10/h10-11,13H,3-9H2,1-2H3,(H,14,15). The van der Waals surface area contributed by atoms with Gasteiger partial charge in [0.15, 0.2) is 0 Å². The van der Waals surface area contributed by atoms with Crippen LogP contribution < -0.4 is 10.9 Å². The van der Waals surface area contributed by atoms with Crippen LogP contribution in [0.5, 0.6) is 0 Å². The maximum atomic E-state index is 11.8. The van der Waals surface area contributed by atoms with Crippen molar-refractivity contribution < 1.29 is 4.79 Å². The molecule has 0 saturated heterocycles. The van der Waals surface area contributed by atoms with Crippen LogP contribution in [0.25, 0.3) is 0 Å². The molecular weight excluding hydrogens is 188 g/mol. The molecule has 0 spiro atoms. The van der Waals surface area contributed by atoms with E-state index < -0.39 is 0 Å². The van der Waals surface area contributed by atoms with Crippen LogP contribution in [0.4, 0.5) is 0 Å². The summed E-state index contributed by atoms with van der Waals surface area (Å²) in [6.45, 7) is 4.27. The number of hydrogen-bond donors (Lipinski definition) is 2. The maximum Gasteiger partial charge on any atom is 0.237 e. The fourth-order valence-corrected chi connectivity index (χ4v) is 2.13. The lowest BCUT2D eigenvalue weighted by Gasteiger charge is -2.22. The molecule has 0 aliphatic heterocycles. The Morgan fingerprint density at radius 2 is 1.80 bits per heavy atom. The van der Waals surface area contributed by atoms with Gasteiger partial charge in [0, 0.05) is 12.0 Å². The summed E-state index contributed by atoms with van der Waals surface area (Å²) in [5.41, 5.74) is 5.98. The lowest BCUT2D eigenvalue weighted by Crippen LogP contribution is -2.46. The highest BCUT2D eigenvalue weighted by Crippen LogP contribution is 2.23. The molecule has 0 unspecified atom stereocenters. The Hall–Kier alpha value is -0.570. The minimum absolute atomic E-state index is 0.196. The number of amides is 1. The lowest BCUT2D eigenvalue weighted by molar-refractivity contribution is -0.127. The van der Waals surface area contributed by atoms with Gasteiger partial charge >= 0.3 is 0 Å². The van der Waals surface area contributed by atoms with Gasteiger partial charge in [-0.25, -0.2) is 5.43 Å². The van der Waals surface area contributed by atoms with Crippen LogP contribution in [-0.2, 0) is 4.79 Å². The minimum Gasteiger partial charge on any atom is -0.291 e. The van der Waals surface area contributed by atoms with Crippen molar-refractivity contribution in [2.45, 2.75) is 64.8 Å². The zero-order chi connectivity index (χ0) is 11.1. The van der Waals surface area contributed by atoms with Gasteiger partial charge in [-0.2, -0.15) is 0 Å². The highest BCUT2D eigenvalue weighted by Gasteiger charge is 2.20. The second kappa shape index (κ2) is 6.83. The third-order valence-corrected chi connectivity index (χ3v) is 3.36. The summed E-state index contributed by atoms with van der Waals surface area (Å²) in [4.78, 5) is 11.8. The van der Waals surface area contributed by atoms with Crippen LogP contribution >= 0.6 is 0 Å². The van der Waals surface area contributed by atoms with Gasteiger partial charge in [0.1, 0.15) is 0 Å². The zero-order valence-electron chi connectivity index (χ0n) is 10.0. The number of rotatable bonds is 5. The van der Waals surface area contributed by atoms with Crippen LogP contribution in [0.1, 0.15) is 58.8 Å². The van der Waals surface area contributed by atoms with E-state index in [0.29, 0.717) is 6.04 Å². The van der Waals surface area contributed by atoms with Gasteiger partial charge in [0.25, 0.3) is 0 Å². The highest BCUT2D eigenvalue weighted by atomic mass is 16.2. The van der Waals surface area contributed by atoms with Crippen molar-refractivity contribution in [1.29, 1.82) is 0 Å². The summed E-state index contributed by atoms with van der Waals surface area (Å²) < 4.78 is 0. The average Bonchev–Trinajstić information content (AvgIpc) is 2.31. The van der Waals surface area contributed by atoms with Gasteiger partial charge in [0.2, 0.25) is 5.91 Å². The Labute approximate surface area is 93.0 Å². The van der Waals surface area contributed by atoms with Crippen LogP contribution in [-0.4, -0.2) is 11.9 Å². The molecular formula is C12H24N2O. The molecule has 1 aliphatic carbocycles. The molecule has 1 amide bonds. The van der Waals surface area contributed by atoms with Crippen molar-refractivity contribution in [2.75, 3.05) is 0 Å². The van der Waals surface area contributed by atoms with E-state index in [-0.39, 0.29) is 11.8 Å². The third kappa shape index (κ3) is 4.20. The fraction of sp³-hybridized carbons (Fsp3) is 0.917. The van der Waals surface area contributed by atoms with E-state index in [4.69, 9.17) is 0 Å². The largest absolute Gasteiger partial charge is 0.291 e. The van der Waals surface area contributed by atoms with E-state index in [0.717, 1.165) is 25.7 Å². The third-order valence-electron chi connectivity index (χ3n) is 3.36. The quantitative estimate of drug-likeness (QED) is 0.687. The molecule has 0 heterocycles. The predicted octanol–water partition coefficient (Wildman–Crippen LogP) is 2.38. The maximum absolute atomic E-state index is 11.8. The Bertz CT molecular complexity index is 184. The monoisotopic (exact) mass is 212 g/mol. The fourth-order valence-electron chi connectivity index (χ4n) is 2.13. The molecule has 3 heteroatoms. The Morgan fingerprint density at radius 1 is 1.20 bits per heavy atom. The van der Waals surface area contributed by atoms with E-state index >= 15 is 0 Å². The number of carbonyl (C=O) groups is 1. The molecule has 3 nitrogen and oxygen atoms in total. The molecule has 1 fully saturated rings. The molecule has 2 N–H and O–H groups in total. The van der Waals surface area contributed by atoms with Crippen molar-refractivity contribution in [2.24, 2.45) is 5.92 Å². The molecule has 0 radical (unpaired) electrons. The van der Waals surface area contributed by atoms with Crippen molar-refractivity contribution in [3.8, 4) is 0 Å². The van der Waals surface area contributed by atoms with Crippen molar-refractivity contribution in [3.05, 3.63) is 0 Å². The van der Waals surface area contributed by atoms with E-state index in [1.54, 1.807) is 0 Å². The Kier molecular flexibility index (Phi) is 5.69. The smallest absolute Gasteiger partial charge is 0.237 e. The molecule has 15 heavy (non-hydrogen) atoms. The SMILES string of the molecule is CCC(CC)NNC(=O)C1CCCCC1. The van der Waals surface area contributed by atoms with Crippen molar-refractivity contribution in [1.82, 2.24) is 10.9 Å². The van der Waals surface area contributed by atoms with Gasteiger partial charge in [-0.15, -0.1) is 0 Å². The highest BCUT2D eigenvalue weighted by molar-refractivity contribution is 5.78. The number of hydrazine groups is 1. The topological polar surface area (TPSA) is 41.1 Å². The van der Waals surface area contributed by atoms with Crippen LogP contribution in [0.2, 0.25) is 0 Å². The van der Waals surface area contributed by atoms with Crippen LogP contribution in [0.15, 0.2) is 0 Å². The Balaban J connectivity index is 2.22. The number of carbonyl (C=O) groups excluding carboxylic acids is 1. The summed E-state index contributed by atoms with van der Waals surface area (Å²) in [5, 5.41) is 0. The van der Waals surface area contributed by atoms with E-state index in [9.17, 15) is 4.79 Å². The van der Waals surface area contributed by atoms with E-state index in [1.165, 1.54) is 19.3 Å². The molecule has 88 valence electrons.